The highest BCUT2D eigenvalue weighted by Crippen LogP contribution is 2.18. The molecule has 6 heteroatoms. The summed E-state index contributed by atoms with van der Waals surface area (Å²) in [6.07, 6.45) is 0.895. The summed E-state index contributed by atoms with van der Waals surface area (Å²) in [5, 5.41) is 2.97. The van der Waals surface area contributed by atoms with Gasteiger partial charge < -0.3 is 15.1 Å². The summed E-state index contributed by atoms with van der Waals surface area (Å²) in [5.41, 5.74) is 4.31. The highest BCUT2D eigenvalue weighted by atomic mass is 16.2. The van der Waals surface area contributed by atoms with E-state index in [9.17, 15) is 9.59 Å². The van der Waals surface area contributed by atoms with Crippen LogP contribution in [0.2, 0.25) is 0 Å². The Labute approximate surface area is 185 Å². The van der Waals surface area contributed by atoms with Crippen LogP contribution in [0.25, 0.3) is 0 Å². The average molecular weight is 423 g/mol. The molecule has 2 amide bonds. The molecule has 0 aromatic heterocycles. The van der Waals surface area contributed by atoms with Crippen LogP contribution >= 0.6 is 0 Å². The standard InChI is InChI=1S/C25H34N4O2/c1-4-12-27(18-24(30)26-23-11-6-5-9-21(23)3)19-25(31)29-15-13-28(14-16-29)22-10-7-8-20(2)17-22/h5-11,17H,4,12-16,18-19H2,1-3H3,(H,26,30). The molecule has 1 fully saturated rings. The summed E-state index contributed by atoms with van der Waals surface area (Å²) >= 11 is 0. The maximum atomic E-state index is 12.9. The lowest BCUT2D eigenvalue weighted by molar-refractivity contribution is -0.133. The van der Waals surface area contributed by atoms with Gasteiger partial charge in [-0.25, -0.2) is 0 Å². The van der Waals surface area contributed by atoms with Gasteiger partial charge in [0.25, 0.3) is 0 Å². The Bertz CT molecular complexity index is 891. The lowest BCUT2D eigenvalue weighted by atomic mass is 10.2. The van der Waals surface area contributed by atoms with Crippen molar-refractivity contribution in [3.05, 3.63) is 59.7 Å². The largest absolute Gasteiger partial charge is 0.368 e. The Hall–Kier alpha value is -2.86. The minimum Gasteiger partial charge on any atom is -0.368 e. The summed E-state index contributed by atoms with van der Waals surface area (Å²) in [6.45, 7) is 10.4. The second-order valence-electron chi connectivity index (χ2n) is 8.28. The third kappa shape index (κ3) is 6.56. The summed E-state index contributed by atoms with van der Waals surface area (Å²) in [7, 11) is 0. The van der Waals surface area contributed by atoms with Crippen molar-refractivity contribution in [2.75, 3.05) is 56.0 Å². The molecule has 0 radical (unpaired) electrons. The van der Waals surface area contributed by atoms with E-state index in [1.807, 2.05) is 41.0 Å². The Kier molecular flexibility index (Phi) is 8.06. The number of piperazine rings is 1. The highest BCUT2D eigenvalue weighted by Gasteiger charge is 2.23. The van der Waals surface area contributed by atoms with Gasteiger partial charge in [0.2, 0.25) is 11.8 Å². The maximum absolute atomic E-state index is 12.9. The Morgan fingerprint density at radius 2 is 1.71 bits per heavy atom. The molecule has 0 aliphatic carbocycles. The molecule has 0 unspecified atom stereocenters. The van der Waals surface area contributed by atoms with E-state index < -0.39 is 0 Å². The van der Waals surface area contributed by atoms with Crippen LogP contribution in [-0.2, 0) is 9.59 Å². The Morgan fingerprint density at radius 1 is 0.968 bits per heavy atom. The van der Waals surface area contributed by atoms with Crippen molar-refractivity contribution < 1.29 is 9.59 Å². The van der Waals surface area contributed by atoms with Crippen molar-refractivity contribution in [3.63, 3.8) is 0 Å². The maximum Gasteiger partial charge on any atom is 0.238 e. The minimum atomic E-state index is -0.0835. The number of rotatable bonds is 8. The van der Waals surface area contributed by atoms with Gasteiger partial charge in [-0.3, -0.25) is 14.5 Å². The van der Waals surface area contributed by atoms with Gasteiger partial charge in [-0.1, -0.05) is 37.3 Å². The van der Waals surface area contributed by atoms with Crippen molar-refractivity contribution in [1.29, 1.82) is 0 Å². The van der Waals surface area contributed by atoms with Gasteiger partial charge >= 0.3 is 0 Å². The number of carbonyl (C=O) groups excluding carboxylic acids is 2. The molecular formula is C25H34N4O2. The minimum absolute atomic E-state index is 0.0835. The Morgan fingerprint density at radius 3 is 2.39 bits per heavy atom. The second kappa shape index (κ2) is 11.0. The molecule has 1 N–H and O–H groups in total. The van der Waals surface area contributed by atoms with E-state index in [1.54, 1.807) is 0 Å². The molecule has 2 aromatic carbocycles. The normalized spacial score (nSPS) is 14.1. The van der Waals surface area contributed by atoms with Crippen LogP contribution in [0.1, 0.15) is 24.5 Å². The zero-order valence-electron chi connectivity index (χ0n) is 18.9. The van der Waals surface area contributed by atoms with Crippen LogP contribution in [0.15, 0.2) is 48.5 Å². The van der Waals surface area contributed by atoms with E-state index in [-0.39, 0.29) is 24.9 Å². The highest BCUT2D eigenvalue weighted by molar-refractivity contribution is 5.93. The van der Waals surface area contributed by atoms with E-state index in [4.69, 9.17) is 0 Å². The number of benzene rings is 2. The van der Waals surface area contributed by atoms with Crippen LogP contribution in [0.4, 0.5) is 11.4 Å². The molecular weight excluding hydrogens is 388 g/mol. The fraction of sp³-hybridized carbons (Fsp3) is 0.440. The number of carbonyl (C=O) groups is 2. The molecule has 6 nitrogen and oxygen atoms in total. The van der Waals surface area contributed by atoms with Gasteiger partial charge in [0, 0.05) is 37.6 Å². The lowest BCUT2D eigenvalue weighted by Gasteiger charge is -2.37. The number of hydrogen-bond donors (Lipinski definition) is 1. The first kappa shape index (κ1) is 22.8. The number of anilines is 2. The van der Waals surface area contributed by atoms with Gasteiger partial charge in [-0.15, -0.1) is 0 Å². The van der Waals surface area contributed by atoms with Crippen molar-refractivity contribution >= 4 is 23.2 Å². The third-order valence-corrected chi connectivity index (χ3v) is 5.68. The average Bonchev–Trinajstić information content (AvgIpc) is 2.75. The summed E-state index contributed by atoms with van der Waals surface area (Å²) < 4.78 is 0. The van der Waals surface area contributed by atoms with E-state index >= 15 is 0 Å². The lowest BCUT2D eigenvalue weighted by Crippen LogP contribution is -2.52. The summed E-state index contributed by atoms with van der Waals surface area (Å²) in [6, 6.07) is 16.2. The van der Waals surface area contributed by atoms with E-state index in [0.717, 1.165) is 37.3 Å². The van der Waals surface area contributed by atoms with Crippen molar-refractivity contribution in [2.45, 2.75) is 27.2 Å². The molecule has 0 atom stereocenters. The summed E-state index contributed by atoms with van der Waals surface area (Å²) in [4.78, 5) is 31.7. The van der Waals surface area contributed by atoms with Gasteiger partial charge in [0.05, 0.1) is 13.1 Å². The fourth-order valence-electron chi connectivity index (χ4n) is 3.97. The molecule has 3 rings (SSSR count). The van der Waals surface area contributed by atoms with Gasteiger partial charge in [0.1, 0.15) is 0 Å². The Balaban J connectivity index is 1.51. The molecule has 1 aliphatic rings. The molecule has 0 saturated carbocycles. The number of amides is 2. The third-order valence-electron chi connectivity index (χ3n) is 5.68. The van der Waals surface area contributed by atoms with Crippen molar-refractivity contribution in [2.24, 2.45) is 0 Å². The molecule has 1 saturated heterocycles. The molecule has 1 heterocycles. The van der Waals surface area contributed by atoms with Crippen LogP contribution in [0, 0.1) is 13.8 Å². The SMILES string of the molecule is CCCN(CC(=O)Nc1ccccc1C)CC(=O)N1CCN(c2cccc(C)c2)CC1. The van der Waals surface area contributed by atoms with Crippen LogP contribution < -0.4 is 10.2 Å². The number of aryl methyl sites for hydroxylation is 2. The van der Waals surface area contributed by atoms with E-state index in [1.165, 1.54) is 11.3 Å². The van der Waals surface area contributed by atoms with Crippen LogP contribution in [0.5, 0.6) is 0 Å². The van der Waals surface area contributed by atoms with Crippen LogP contribution in [-0.4, -0.2) is 67.4 Å². The number of nitrogens with zero attached hydrogens (tertiary/aromatic N) is 3. The number of para-hydroxylation sites is 1. The molecule has 31 heavy (non-hydrogen) atoms. The zero-order chi connectivity index (χ0) is 22.2. The first-order valence-corrected chi connectivity index (χ1v) is 11.1. The second-order valence-corrected chi connectivity index (χ2v) is 8.28. The fourth-order valence-corrected chi connectivity index (χ4v) is 3.97. The first-order chi connectivity index (χ1) is 15.0. The predicted octanol–water partition coefficient (Wildman–Crippen LogP) is 3.30. The molecule has 0 bridgehead atoms. The van der Waals surface area contributed by atoms with E-state index in [0.29, 0.717) is 13.1 Å². The molecule has 1 aliphatic heterocycles. The zero-order valence-corrected chi connectivity index (χ0v) is 18.9. The van der Waals surface area contributed by atoms with Crippen molar-refractivity contribution in [1.82, 2.24) is 9.80 Å². The van der Waals surface area contributed by atoms with Crippen LogP contribution in [0.3, 0.4) is 0 Å². The summed E-state index contributed by atoms with van der Waals surface area (Å²) in [5.74, 6) is 0.0147. The van der Waals surface area contributed by atoms with Gasteiger partial charge in [-0.2, -0.15) is 0 Å². The smallest absolute Gasteiger partial charge is 0.238 e. The first-order valence-electron chi connectivity index (χ1n) is 11.1. The topological polar surface area (TPSA) is 55.9 Å². The van der Waals surface area contributed by atoms with Gasteiger partial charge in [-0.05, 0) is 56.1 Å². The quantitative estimate of drug-likeness (QED) is 0.709. The number of hydrogen-bond acceptors (Lipinski definition) is 4. The monoisotopic (exact) mass is 422 g/mol. The van der Waals surface area contributed by atoms with Gasteiger partial charge in [0.15, 0.2) is 0 Å². The predicted molar refractivity (Wildman–Crippen MR) is 127 cm³/mol. The van der Waals surface area contributed by atoms with Crippen molar-refractivity contribution in [3.8, 4) is 0 Å². The number of nitrogens with one attached hydrogen (secondary N) is 1. The molecule has 166 valence electrons. The molecule has 2 aromatic rings. The molecule has 0 spiro atoms. The van der Waals surface area contributed by atoms with E-state index in [2.05, 4.69) is 48.3 Å².